The number of rotatable bonds is 5. The summed E-state index contributed by atoms with van der Waals surface area (Å²) >= 11 is 0. The molecular weight excluding hydrogens is 330 g/mol. The van der Waals surface area contributed by atoms with E-state index in [1.54, 1.807) is 58.7 Å². The minimum absolute atomic E-state index is 0.176. The summed E-state index contributed by atoms with van der Waals surface area (Å²) in [6.07, 6.45) is 11.9. The summed E-state index contributed by atoms with van der Waals surface area (Å²) in [6.45, 7) is 0.383. The minimum Gasteiger partial charge on any atom is -0.348 e. The Balaban J connectivity index is 1.42. The number of imidazole rings is 1. The summed E-state index contributed by atoms with van der Waals surface area (Å²) in [6, 6.07) is 9.00. The van der Waals surface area contributed by atoms with Crippen molar-refractivity contribution in [2.45, 2.75) is 6.54 Å². The number of nitrogens with zero attached hydrogens (tertiary/aromatic N) is 6. The van der Waals surface area contributed by atoms with Crippen molar-refractivity contribution in [3.63, 3.8) is 0 Å². The molecule has 0 saturated heterocycles. The molecule has 4 aromatic heterocycles. The molecule has 1 N–H and O–H groups in total. The van der Waals surface area contributed by atoms with Gasteiger partial charge >= 0.3 is 0 Å². The lowest BCUT2D eigenvalue weighted by atomic mass is 10.2. The summed E-state index contributed by atoms with van der Waals surface area (Å²) in [5.74, 6) is 1.19. The first-order valence-corrected chi connectivity index (χ1v) is 7.97. The number of hydrogen-bond acceptors (Lipinski definition) is 5. The number of nitrogens with one attached hydrogen (secondary N) is 1. The molecule has 0 fully saturated rings. The lowest BCUT2D eigenvalue weighted by Gasteiger charge is -2.07. The number of aromatic nitrogens is 6. The Bertz CT molecular complexity index is 992. The summed E-state index contributed by atoms with van der Waals surface area (Å²) in [4.78, 5) is 25.0. The number of carbonyl (C=O) groups is 1. The van der Waals surface area contributed by atoms with Crippen LogP contribution in [-0.2, 0) is 6.54 Å². The zero-order chi connectivity index (χ0) is 17.8. The molecular formula is C18H15N7O. The van der Waals surface area contributed by atoms with Crippen molar-refractivity contribution in [1.29, 1.82) is 0 Å². The zero-order valence-electron chi connectivity index (χ0n) is 13.7. The molecule has 4 rings (SSSR count). The molecule has 0 spiro atoms. The van der Waals surface area contributed by atoms with Crippen molar-refractivity contribution in [2.24, 2.45) is 0 Å². The van der Waals surface area contributed by atoms with E-state index < -0.39 is 0 Å². The molecule has 4 aromatic rings. The summed E-state index contributed by atoms with van der Waals surface area (Å²) in [5, 5.41) is 7.02. The van der Waals surface area contributed by atoms with Crippen LogP contribution in [0.1, 0.15) is 15.9 Å². The van der Waals surface area contributed by atoms with Gasteiger partial charge in [-0.05, 0) is 29.8 Å². The molecule has 4 heterocycles. The van der Waals surface area contributed by atoms with Crippen LogP contribution in [-0.4, -0.2) is 35.2 Å². The molecule has 0 aromatic carbocycles. The second-order valence-corrected chi connectivity index (χ2v) is 5.53. The topological polar surface area (TPSA) is 90.5 Å². The van der Waals surface area contributed by atoms with Gasteiger partial charge in [-0.2, -0.15) is 5.10 Å². The van der Waals surface area contributed by atoms with E-state index in [1.807, 2.05) is 24.4 Å². The maximum absolute atomic E-state index is 12.4. The van der Waals surface area contributed by atoms with E-state index in [0.717, 1.165) is 11.4 Å². The van der Waals surface area contributed by atoms with E-state index >= 15 is 0 Å². The normalized spacial score (nSPS) is 10.6. The van der Waals surface area contributed by atoms with E-state index in [1.165, 1.54) is 0 Å². The van der Waals surface area contributed by atoms with Crippen molar-refractivity contribution in [3.05, 3.63) is 85.0 Å². The van der Waals surface area contributed by atoms with Crippen molar-refractivity contribution < 1.29 is 4.79 Å². The molecule has 26 heavy (non-hydrogen) atoms. The molecule has 8 nitrogen and oxygen atoms in total. The first-order valence-electron chi connectivity index (χ1n) is 7.97. The van der Waals surface area contributed by atoms with E-state index in [4.69, 9.17) is 0 Å². The molecule has 0 aliphatic heterocycles. The SMILES string of the molecule is O=C(NCc1ccc(-n2cccn2)nc1)c1ccnc(-n2ccnc2)c1. The van der Waals surface area contributed by atoms with Crippen LogP contribution in [0.3, 0.4) is 0 Å². The zero-order valence-corrected chi connectivity index (χ0v) is 13.7. The van der Waals surface area contributed by atoms with Crippen LogP contribution in [0.2, 0.25) is 0 Å². The van der Waals surface area contributed by atoms with Crippen LogP contribution >= 0.6 is 0 Å². The summed E-state index contributed by atoms with van der Waals surface area (Å²) < 4.78 is 3.42. The lowest BCUT2D eigenvalue weighted by Crippen LogP contribution is -2.23. The van der Waals surface area contributed by atoms with Gasteiger partial charge in [0.1, 0.15) is 12.1 Å². The Morgan fingerprint density at radius 3 is 2.73 bits per heavy atom. The molecule has 0 bridgehead atoms. The third-order valence-corrected chi connectivity index (χ3v) is 3.78. The first kappa shape index (κ1) is 15.7. The lowest BCUT2D eigenvalue weighted by molar-refractivity contribution is 0.0950. The monoisotopic (exact) mass is 345 g/mol. The van der Waals surface area contributed by atoms with E-state index in [9.17, 15) is 4.79 Å². The third kappa shape index (κ3) is 3.34. The Morgan fingerprint density at radius 1 is 1.04 bits per heavy atom. The van der Waals surface area contributed by atoms with Crippen LogP contribution in [0.5, 0.6) is 0 Å². The Kier molecular flexibility index (Phi) is 4.21. The van der Waals surface area contributed by atoms with E-state index in [0.29, 0.717) is 17.9 Å². The average Bonchev–Trinajstić information content (AvgIpc) is 3.40. The third-order valence-electron chi connectivity index (χ3n) is 3.78. The maximum atomic E-state index is 12.4. The smallest absolute Gasteiger partial charge is 0.251 e. The second-order valence-electron chi connectivity index (χ2n) is 5.53. The van der Waals surface area contributed by atoms with Gasteiger partial charge in [-0.15, -0.1) is 0 Å². The molecule has 0 aliphatic carbocycles. The fourth-order valence-corrected chi connectivity index (χ4v) is 2.44. The Labute approximate surface area is 149 Å². The fourth-order valence-electron chi connectivity index (χ4n) is 2.44. The molecule has 0 aliphatic rings. The minimum atomic E-state index is -0.176. The van der Waals surface area contributed by atoms with Crippen molar-refractivity contribution in [3.8, 4) is 11.6 Å². The van der Waals surface area contributed by atoms with Gasteiger partial charge < -0.3 is 5.32 Å². The highest BCUT2D eigenvalue weighted by Crippen LogP contribution is 2.08. The molecule has 128 valence electrons. The molecule has 8 heteroatoms. The van der Waals surface area contributed by atoms with Gasteiger partial charge in [0.15, 0.2) is 5.82 Å². The predicted molar refractivity (Wildman–Crippen MR) is 93.9 cm³/mol. The highest BCUT2D eigenvalue weighted by atomic mass is 16.1. The van der Waals surface area contributed by atoms with Crippen molar-refractivity contribution in [2.75, 3.05) is 0 Å². The molecule has 1 amide bonds. The maximum Gasteiger partial charge on any atom is 0.251 e. The van der Waals surface area contributed by atoms with Gasteiger partial charge in [0.05, 0.1) is 0 Å². The number of carbonyl (C=O) groups excluding carboxylic acids is 1. The largest absolute Gasteiger partial charge is 0.348 e. The van der Waals surface area contributed by atoms with Gasteiger partial charge in [0, 0.05) is 49.3 Å². The highest BCUT2D eigenvalue weighted by molar-refractivity contribution is 5.94. The van der Waals surface area contributed by atoms with Crippen LogP contribution < -0.4 is 5.32 Å². The Morgan fingerprint density at radius 2 is 2.00 bits per heavy atom. The molecule has 0 radical (unpaired) electrons. The highest BCUT2D eigenvalue weighted by Gasteiger charge is 2.08. The summed E-state index contributed by atoms with van der Waals surface area (Å²) in [5.41, 5.74) is 1.43. The number of hydrogen-bond donors (Lipinski definition) is 1. The predicted octanol–water partition coefficient (Wildman–Crippen LogP) is 1.78. The second kappa shape index (κ2) is 6.98. The van der Waals surface area contributed by atoms with Crippen LogP contribution in [0.4, 0.5) is 0 Å². The van der Waals surface area contributed by atoms with Gasteiger partial charge in [-0.25, -0.2) is 19.6 Å². The van der Waals surface area contributed by atoms with E-state index in [-0.39, 0.29) is 5.91 Å². The number of pyridine rings is 2. The van der Waals surface area contributed by atoms with Gasteiger partial charge in [-0.1, -0.05) is 6.07 Å². The van der Waals surface area contributed by atoms with Crippen molar-refractivity contribution >= 4 is 5.91 Å². The molecule has 0 atom stereocenters. The Hall–Kier alpha value is -3.81. The van der Waals surface area contributed by atoms with Crippen LogP contribution in [0, 0.1) is 0 Å². The van der Waals surface area contributed by atoms with Gasteiger partial charge in [0.2, 0.25) is 0 Å². The van der Waals surface area contributed by atoms with Crippen LogP contribution in [0.15, 0.2) is 73.8 Å². The standard InChI is InChI=1S/C18H15N7O/c26-18(15-4-6-20-17(10-15)24-9-7-19-13-24)22-12-14-2-3-16(21-11-14)25-8-1-5-23-25/h1-11,13H,12H2,(H,22,26). The number of amides is 1. The van der Waals surface area contributed by atoms with Gasteiger partial charge in [0.25, 0.3) is 5.91 Å². The average molecular weight is 345 g/mol. The first-order chi connectivity index (χ1) is 12.8. The fraction of sp³-hybridized carbons (Fsp3) is 0.0556. The van der Waals surface area contributed by atoms with E-state index in [2.05, 4.69) is 25.4 Å². The summed E-state index contributed by atoms with van der Waals surface area (Å²) in [7, 11) is 0. The van der Waals surface area contributed by atoms with Crippen LogP contribution in [0.25, 0.3) is 11.6 Å². The molecule has 0 unspecified atom stereocenters. The van der Waals surface area contributed by atoms with Gasteiger partial charge in [-0.3, -0.25) is 9.36 Å². The quantitative estimate of drug-likeness (QED) is 0.595. The molecule has 0 saturated carbocycles. The van der Waals surface area contributed by atoms with Crippen molar-refractivity contribution in [1.82, 2.24) is 34.6 Å².